The number of aromatic nitrogens is 3. The number of halogens is 1. The second-order valence-corrected chi connectivity index (χ2v) is 3.81. The molecule has 2 aromatic rings. The summed E-state index contributed by atoms with van der Waals surface area (Å²) in [6, 6.07) is 4.85. The minimum absolute atomic E-state index is 0.364. The quantitative estimate of drug-likeness (QED) is 0.901. The molecule has 0 amide bonds. The molecule has 0 bridgehead atoms. The van der Waals surface area contributed by atoms with E-state index in [0.29, 0.717) is 11.5 Å². The van der Waals surface area contributed by atoms with E-state index in [9.17, 15) is 4.39 Å². The van der Waals surface area contributed by atoms with Crippen LogP contribution < -0.4 is 5.32 Å². The second-order valence-electron chi connectivity index (χ2n) is 3.81. The molecular weight excluding hydrogens is 231 g/mol. The van der Waals surface area contributed by atoms with Crippen LogP contribution >= 0.6 is 0 Å². The first kappa shape index (κ1) is 12.4. The molecule has 4 nitrogen and oxygen atoms in total. The van der Waals surface area contributed by atoms with Crippen LogP contribution in [0.3, 0.4) is 0 Å². The van der Waals surface area contributed by atoms with Crippen molar-refractivity contribution >= 4 is 5.82 Å². The van der Waals surface area contributed by atoms with Gasteiger partial charge in [0, 0.05) is 18.3 Å². The van der Waals surface area contributed by atoms with Crippen LogP contribution in [0.2, 0.25) is 0 Å². The standard InChI is InChI=1S/C13H15FN4/c1-3-10-7-12(15-4-2)18-13(17-10)11-6-5-9(14)8-16-11/h5-8H,3-4H2,1-2H3,(H,15,17,18). The van der Waals surface area contributed by atoms with Gasteiger partial charge in [-0.25, -0.2) is 19.3 Å². The summed E-state index contributed by atoms with van der Waals surface area (Å²) >= 11 is 0. The third kappa shape index (κ3) is 2.80. The Hall–Kier alpha value is -2.04. The summed E-state index contributed by atoms with van der Waals surface area (Å²) in [7, 11) is 0. The fourth-order valence-electron chi connectivity index (χ4n) is 1.57. The Kier molecular flexibility index (Phi) is 3.82. The van der Waals surface area contributed by atoms with Crippen LogP contribution in [-0.2, 0) is 6.42 Å². The normalized spacial score (nSPS) is 10.4. The summed E-state index contributed by atoms with van der Waals surface area (Å²) in [5.74, 6) is 0.924. The van der Waals surface area contributed by atoms with E-state index >= 15 is 0 Å². The van der Waals surface area contributed by atoms with E-state index in [1.807, 2.05) is 19.9 Å². The molecular formula is C13H15FN4. The summed E-state index contributed by atoms with van der Waals surface area (Å²) in [4.78, 5) is 12.8. The number of aryl methyl sites for hydroxylation is 1. The van der Waals surface area contributed by atoms with E-state index < -0.39 is 0 Å². The zero-order chi connectivity index (χ0) is 13.0. The topological polar surface area (TPSA) is 50.7 Å². The van der Waals surface area contributed by atoms with Gasteiger partial charge in [0.2, 0.25) is 0 Å². The Morgan fingerprint density at radius 3 is 2.67 bits per heavy atom. The van der Waals surface area contributed by atoms with Crippen LogP contribution in [0.25, 0.3) is 11.5 Å². The Bertz CT molecular complexity index is 525. The van der Waals surface area contributed by atoms with Crippen molar-refractivity contribution in [3.63, 3.8) is 0 Å². The minimum Gasteiger partial charge on any atom is -0.370 e. The van der Waals surface area contributed by atoms with Crippen LogP contribution in [0, 0.1) is 5.82 Å². The molecule has 0 aliphatic heterocycles. The Morgan fingerprint density at radius 1 is 1.22 bits per heavy atom. The van der Waals surface area contributed by atoms with Crippen molar-refractivity contribution in [2.75, 3.05) is 11.9 Å². The van der Waals surface area contributed by atoms with Crippen LogP contribution in [0.4, 0.5) is 10.2 Å². The molecule has 0 aliphatic rings. The number of rotatable bonds is 4. The Morgan fingerprint density at radius 2 is 2.06 bits per heavy atom. The first-order valence-corrected chi connectivity index (χ1v) is 5.96. The van der Waals surface area contributed by atoms with Crippen molar-refractivity contribution in [3.8, 4) is 11.5 Å². The average Bonchev–Trinajstić information content (AvgIpc) is 2.39. The third-order valence-corrected chi connectivity index (χ3v) is 2.46. The van der Waals surface area contributed by atoms with Crippen LogP contribution in [0.1, 0.15) is 19.5 Å². The average molecular weight is 246 g/mol. The largest absolute Gasteiger partial charge is 0.370 e. The number of hydrogen-bond donors (Lipinski definition) is 1. The molecule has 5 heteroatoms. The second kappa shape index (κ2) is 5.53. The molecule has 0 saturated heterocycles. The Balaban J connectivity index is 2.42. The van der Waals surface area contributed by atoms with Crippen LogP contribution in [0.15, 0.2) is 24.4 Å². The zero-order valence-electron chi connectivity index (χ0n) is 10.4. The highest BCUT2D eigenvalue weighted by Gasteiger charge is 2.07. The molecule has 2 rings (SSSR count). The summed E-state index contributed by atoms with van der Waals surface area (Å²) in [5.41, 5.74) is 1.51. The number of anilines is 1. The maximum atomic E-state index is 12.8. The van der Waals surface area contributed by atoms with Gasteiger partial charge in [0.1, 0.15) is 17.3 Å². The molecule has 1 N–H and O–H groups in total. The predicted octanol–water partition coefficient (Wildman–Crippen LogP) is 2.67. The van der Waals surface area contributed by atoms with Crippen molar-refractivity contribution in [1.82, 2.24) is 15.0 Å². The predicted molar refractivity (Wildman–Crippen MR) is 68.8 cm³/mol. The summed E-state index contributed by atoms with van der Waals surface area (Å²) in [6.07, 6.45) is 1.99. The Labute approximate surface area is 105 Å². The van der Waals surface area contributed by atoms with Gasteiger partial charge in [0.15, 0.2) is 5.82 Å². The van der Waals surface area contributed by atoms with Gasteiger partial charge in [-0.15, -0.1) is 0 Å². The van der Waals surface area contributed by atoms with Crippen molar-refractivity contribution < 1.29 is 4.39 Å². The molecule has 2 aromatic heterocycles. The van der Waals surface area contributed by atoms with Crippen LogP contribution in [-0.4, -0.2) is 21.5 Å². The lowest BCUT2D eigenvalue weighted by molar-refractivity contribution is 0.621. The summed E-state index contributed by atoms with van der Waals surface area (Å²) in [6.45, 7) is 4.82. The van der Waals surface area contributed by atoms with Gasteiger partial charge in [-0.05, 0) is 25.5 Å². The molecule has 0 radical (unpaired) electrons. The maximum absolute atomic E-state index is 12.8. The van der Waals surface area contributed by atoms with Gasteiger partial charge in [-0.3, -0.25) is 0 Å². The van der Waals surface area contributed by atoms with Gasteiger partial charge in [0.25, 0.3) is 0 Å². The fraction of sp³-hybridized carbons (Fsp3) is 0.308. The zero-order valence-corrected chi connectivity index (χ0v) is 10.4. The van der Waals surface area contributed by atoms with E-state index in [1.165, 1.54) is 12.3 Å². The lowest BCUT2D eigenvalue weighted by atomic mass is 10.2. The molecule has 0 aliphatic carbocycles. The number of nitrogens with one attached hydrogen (secondary N) is 1. The number of nitrogens with zero attached hydrogens (tertiary/aromatic N) is 3. The third-order valence-electron chi connectivity index (χ3n) is 2.46. The first-order chi connectivity index (χ1) is 8.72. The van der Waals surface area contributed by atoms with Gasteiger partial charge < -0.3 is 5.32 Å². The highest BCUT2D eigenvalue weighted by Crippen LogP contribution is 2.16. The van der Waals surface area contributed by atoms with Crippen molar-refractivity contribution in [1.29, 1.82) is 0 Å². The lowest BCUT2D eigenvalue weighted by Crippen LogP contribution is -2.04. The van der Waals surface area contributed by atoms with E-state index in [1.54, 1.807) is 6.07 Å². The molecule has 2 heterocycles. The molecule has 18 heavy (non-hydrogen) atoms. The van der Waals surface area contributed by atoms with Crippen molar-refractivity contribution in [2.45, 2.75) is 20.3 Å². The smallest absolute Gasteiger partial charge is 0.180 e. The van der Waals surface area contributed by atoms with Gasteiger partial charge >= 0.3 is 0 Å². The van der Waals surface area contributed by atoms with Gasteiger partial charge in [-0.2, -0.15) is 0 Å². The molecule has 0 unspecified atom stereocenters. The number of pyridine rings is 1. The number of hydrogen-bond acceptors (Lipinski definition) is 4. The summed E-state index contributed by atoms with van der Waals surface area (Å²) in [5, 5.41) is 3.15. The molecule has 0 atom stereocenters. The highest BCUT2D eigenvalue weighted by atomic mass is 19.1. The first-order valence-electron chi connectivity index (χ1n) is 5.96. The van der Waals surface area contributed by atoms with Gasteiger partial charge in [-0.1, -0.05) is 6.92 Å². The van der Waals surface area contributed by atoms with Crippen molar-refractivity contribution in [3.05, 3.63) is 35.9 Å². The molecule has 94 valence electrons. The maximum Gasteiger partial charge on any atom is 0.180 e. The van der Waals surface area contributed by atoms with E-state index in [-0.39, 0.29) is 5.82 Å². The summed E-state index contributed by atoms with van der Waals surface area (Å²) < 4.78 is 12.8. The molecule has 0 saturated carbocycles. The monoisotopic (exact) mass is 246 g/mol. The molecule has 0 spiro atoms. The van der Waals surface area contributed by atoms with Crippen molar-refractivity contribution in [2.24, 2.45) is 0 Å². The van der Waals surface area contributed by atoms with Gasteiger partial charge in [0.05, 0.1) is 6.20 Å². The van der Waals surface area contributed by atoms with E-state index in [4.69, 9.17) is 0 Å². The minimum atomic E-state index is -0.364. The van der Waals surface area contributed by atoms with E-state index in [0.717, 1.165) is 24.5 Å². The molecule has 0 aromatic carbocycles. The fourth-order valence-corrected chi connectivity index (χ4v) is 1.57. The SMILES string of the molecule is CCNc1cc(CC)nc(-c2ccc(F)cn2)n1. The molecule has 0 fully saturated rings. The van der Waals surface area contributed by atoms with E-state index in [2.05, 4.69) is 20.3 Å². The lowest BCUT2D eigenvalue weighted by Gasteiger charge is -2.07. The van der Waals surface area contributed by atoms with Crippen LogP contribution in [0.5, 0.6) is 0 Å². The highest BCUT2D eigenvalue weighted by molar-refractivity contribution is 5.52.